The third-order valence-corrected chi connectivity index (χ3v) is 2.72. The van der Waals surface area contributed by atoms with Crippen molar-refractivity contribution in [2.45, 2.75) is 52.2 Å². The van der Waals surface area contributed by atoms with Crippen LogP contribution in [0.2, 0.25) is 0 Å². The Morgan fingerprint density at radius 1 is 1.33 bits per heavy atom. The molecule has 0 spiro atoms. The van der Waals surface area contributed by atoms with Crippen LogP contribution in [0.1, 0.15) is 45.1 Å². The van der Waals surface area contributed by atoms with Crippen molar-refractivity contribution in [3.8, 4) is 5.88 Å². The Kier molecular flexibility index (Phi) is 7.21. The maximum absolute atomic E-state index is 11.7. The van der Waals surface area contributed by atoms with Crippen molar-refractivity contribution >= 4 is 11.9 Å². The number of hydrogen-bond acceptors (Lipinski definition) is 4. The Morgan fingerprint density at radius 3 is 2.71 bits per heavy atom. The fourth-order valence-corrected chi connectivity index (χ4v) is 1.73. The monoisotopic (exact) mass is 294 g/mol. The second kappa shape index (κ2) is 8.94. The minimum Gasteiger partial charge on any atom is -0.481 e. The van der Waals surface area contributed by atoms with Gasteiger partial charge in [0.05, 0.1) is 6.10 Å². The van der Waals surface area contributed by atoms with E-state index >= 15 is 0 Å². The average molecular weight is 294 g/mol. The molecule has 1 rings (SSSR count). The lowest BCUT2D eigenvalue weighted by Crippen LogP contribution is -2.23. The van der Waals surface area contributed by atoms with E-state index in [-0.39, 0.29) is 18.4 Å². The van der Waals surface area contributed by atoms with Crippen LogP contribution in [-0.4, -0.2) is 28.1 Å². The van der Waals surface area contributed by atoms with Gasteiger partial charge in [0.15, 0.2) is 0 Å². The Hall–Kier alpha value is -2.11. The van der Waals surface area contributed by atoms with Gasteiger partial charge in [-0.25, -0.2) is 4.98 Å². The molecule has 0 atom stereocenters. The topological polar surface area (TPSA) is 88.5 Å². The van der Waals surface area contributed by atoms with E-state index in [0.29, 0.717) is 31.7 Å². The summed E-state index contributed by atoms with van der Waals surface area (Å²) in [4.78, 5) is 26.2. The molecule has 0 fully saturated rings. The molecule has 0 radical (unpaired) electrons. The second-order valence-electron chi connectivity index (χ2n) is 5.01. The Labute approximate surface area is 124 Å². The molecule has 2 N–H and O–H groups in total. The van der Waals surface area contributed by atoms with Gasteiger partial charge in [0, 0.05) is 31.1 Å². The fourth-order valence-electron chi connectivity index (χ4n) is 1.73. The van der Waals surface area contributed by atoms with E-state index < -0.39 is 5.97 Å². The van der Waals surface area contributed by atoms with E-state index in [2.05, 4.69) is 10.3 Å². The third-order valence-electron chi connectivity index (χ3n) is 2.72. The van der Waals surface area contributed by atoms with Crippen LogP contribution in [-0.2, 0) is 16.1 Å². The zero-order chi connectivity index (χ0) is 15.7. The van der Waals surface area contributed by atoms with Gasteiger partial charge in [-0.2, -0.15) is 0 Å². The molecule has 116 valence electrons. The number of carbonyl (C=O) groups is 2. The fraction of sp³-hybridized carbons (Fsp3) is 0.533. The standard InChI is InChI=1S/C15H22N2O4/c1-11(2)21-15-12(6-5-9-16-15)10-17-13(18)7-3-4-8-14(19)20/h5-6,9,11H,3-4,7-8,10H2,1-2H3,(H,17,18)(H,19,20). The highest BCUT2D eigenvalue weighted by Crippen LogP contribution is 2.15. The summed E-state index contributed by atoms with van der Waals surface area (Å²) in [5.74, 6) is -0.403. The molecule has 6 nitrogen and oxygen atoms in total. The van der Waals surface area contributed by atoms with E-state index in [0.717, 1.165) is 5.56 Å². The highest BCUT2D eigenvalue weighted by Gasteiger charge is 2.08. The van der Waals surface area contributed by atoms with Gasteiger partial charge in [-0.15, -0.1) is 0 Å². The van der Waals surface area contributed by atoms with Crippen molar-refractivity contribution < 1.29 is 19.4 Å². The summed E-state index contributed by atoms with van der Waals surface area (Å²) < 4.78 is 5.57. The van der Waals surface area contributed by atoms with Crippen molar-refractivity contribution in [1.29, 1.82) is 0 Å². The number of nitrogens with one attached hydrogen (secondary N) is 1. The van der Waals surface area contributed by atoms with Crippen LogP contribution in [0.25, 0.3) is 0 Å². The van der Waals surface area contributed by atoms with Gasteiger partial charge >= 0.3 is 5.97 Å². The molecule has 0 bridgehead atoms. The summed E-state index contributed by atoms with van der Waals surface area (Å²) in [6, 6.07) is 3.65. The molecule has 0 unspecified atom stereocenters. The number of nitrogens with zero attached hydrogens (tertiary/aromatic N) is 1. The van der Waals surface area contributed by atoms with Crippen molar-refractivity contribution in [3.05, 3.63) is 23.9 Å². The summed E-state index contributed by atoms with van der Waals surface area (Å²) in [6.07, 6.45) is 3.17. The number of carbonyl (C=O) groups excluding carboxylic acids is 1. The normalized spacial score (nSPS) is 10.4. The summed E-state index contributed by atoms with van der Waals surface area (Å²) in [7, 11) is 0. The molecule has 1 aromatic heterocycles. The van der Waals surface area contributed by atoms with Gasteiger partial charge < -0.3 is 15.2 Å². The smallest absolute Gasteiger partial charge is 0.303 e. The maximum Gasteiger partial charge on any atom is 0.303 e. The predicted octanol–water partition coefficient (Wildman–Crippen LogP) is 2.13. The van der Waals surface area contributed by atoms with Gasteiger partial charge in [0.1, 0.15) is 0 Å². The van der Waals surface area contributed by atoms with Gasteiger partial charge in [-0.05, 0) is 32.8 Å². The molecular formula is C15H22N2O4. The van der Waals surface area contributed by atoms with Gasteiger partial charge in [0.2, 0.25) is 11.8 Å². The second-order valence-corrected chi connectivity index (χ2v) is 5.01. The lowest BCUT2D eigenvalue weighted by Gasteiger charge is -2.13. The predicted molar refractivity (Wildman–Crippen MR) is 78.0 cm³/mol. The van der Waals surface area contributed by atoms with E-state index in [1.54, 1.807) is 12.3 Å². The number of rotatable bonds is 9. The highest BCUT2D eigenvalue weighted by molar-refractivity contribution is 5.76. The first-order valence-corrected chi connectivity index (χ1v) is 7.08. The van der Waals surface area contributed by atoms with Gasteiger partial charge in [-0.3, -0.25) is 9.59 Å². The lowest BCUT2D eigenvalue weighted by atomic mass is 10.2. The molecule has 0 aliphatic carbocycles. The molecule has 0 aromatic carbocycles. The summed E-state index contributed by atoms with van der Waals surface area (Å²) in [5.41, 5.74) is 0.824. The molecule has 0 aliphatic rings. The Bertz CT molecular complexity index is 474. The van der Waals surface area contributed by atoms with Crippen LogP contribution in [0.4, 0.5) is 0 Å². The van der Waals surface area contributed by atoms with Crippen molar-refractivity contribution in [2.24, 2.45) is 0 Å². The molecule has 21 heavy (non-hydrogen) atoms. The molecule has 6 heteroatoms. The van der Waals surface area contributed by atoms with Crippen molar-refractivity contribution in [2.75, 3.05) is 0 Å². The summed E-state index contributed by atoms with van der Waals surface area (Å²) in [6.45, 7) is 4.19. The number of amides is 1. The van der Waals surface area contributed by atoms with Gasteiger partial charge in [0.25, 0.3) is 0 Å². The van der Waals surface area contributed by atoms with E-state index in [1.807, 2.05) is 19.9 Å². The van der Waals surface area contributed by atoms with E-state index in [1.165, 1.54) is 0 Å². The zero-order valence-electron chi connectivity index (χ0n) is 12.5. The average Bonchev–Trinajstić information content (AvgIpc) is 2.42. The molecule has 1 aromatic rings. The largest absolute Gasteiger partial charge is 0.481 e. The first-order chi connectivity index (χ1) is 9.99. The number of unbranched alkanes of at least 4 members (excludes halogenated alkanes) is 1. The van der Waals surface area contributed by atoms with Crippen molar-refractivity contribution in [1.82, 2.24) is 10.3 Å². The molecule has 1 amide bonds. The van der Waals surface area contributed by atoms with Gasteiger partial charge in [-0.1, -0.05) is 6.07 Å². The number of aliphatic carboxylic acids is 1. The van der Waals surface area contributed by atoms with Crippen LogP contribution >= 0.6 is 0 Å². The first-order valence-electron chi connectivity index (χ1n) is 7.08. The Balaban J connectivity index is 2.37. The van der Waals surface area contributed by atoms with Crippen LogP contribution in [0.5, 0.6) is 5.88 Å². The first kappa shape index (κ1) is 16.9. The lowest BCUT2D eigenvalue weighted by molar-refractivity contribution is -0.137. The minimum atomic E-state index is -0.832. The van der Waals surface area contributed by atoms with E-state index in [9.17, 15) is 9.59 Å². The Morgan fingerprint density at radius 2 is 2.05 bits per heavy atom. The quantitative estimate of drug-likeness (QED) is 0.681. The number of carboxylic acid groups (broad SMARTS) is 1. The molecular weight excluding hydrogens is 272 g/mol. The van der Waals surface area contributed by atoms with Crippen LogP contribution < -0.4 is 10.1 Å². The summed E-state index contributed by atoms with van der Waals surface area (Å²) in [5, 5.41) is 11.3. The highest BCUT2D eigenvalue weighted by atomic mass is 16.5. The molecule has 1 heterocycles. The summed E-state index contributed by atoms with van der Waals surface area (Å²) >= 11 is 0. The third kappa shape index (κ3) is 7.29. The van der Waals surface area contributed by atoms with Crippen LogP contribution in [0, 0.1) is 0 Å². The number of carboxylic acids is 1. The van der Waals surface area contributed by atoms with Crippen molar-refractivity contribution in [3.63, 3.8) is 0 Å². The molecule has 0 saturated carbocycles. The minimum absolute atomic E-state index is 0.0189. The molecule has 0 aliphatic heterocycles. The zero-order valence-corrected chi connectivity index (χ0v) is 12.5. The van der Waals surface area contributed by atoms with Crippen LogP contribution in [0.15, 0.2) is 18.3 Å². The van der Waals surface area contributed by atoms with E-state index in [4.69, 9.17) is 9.84 Å². The number of hydrogen-bond donors (Lipinski definition) is 2. The van der Waals surface area contributed by atoms with Crippen LogP contribution in [0.3, 0.4) is 0 Å². The number of pyridine rings is 1. The maximum atomic E-state index is 11.7. The molecule has 0 saturated heterocycles. The number of ether oxygens (including phenoxy) is 1. The number of aromatic nitrogens is 1. The SMILES string of the molecule is CC(C)Oc1ncccc1CNC(=O)CCCCC(=O)O.